The third-order valence-electron chi connectivity index (χ3n) is 3.12. The number of carbonyl (C=O) groups excluding carboxylic acids is 1. The molecule has 0 bridgehead atoms. The van der Waals surface area contributed by atoms with Gasteiger partial charge in [-0.25, -0.2) is 0 Å². The first-order valence-electron chi connectivity index (χ1n) is 5.93. The van der Waals surface area contributed by atoms with Crippen molar-refractivity contribution in [3.05, 3.63) is 33.9 Å². The molecule has 0 aliphatic carbocycles. The fourth-order valence-corrected chi connectivity index (χ4v) is 2.21. The largest absolute Gasteiger partial charge is 0.393 e. The summed E-state index contributed by atoms with van der Waals surface area (Å²) in [6, 6.07) is 4.47. The number of para-hydroxylation sites is 1. The fourth-order valence-electron chi connectivity index (χ4n) is 2.21. The molecule has 1 heterocycles. The lowest BCUT2D eigenvalue weighted by Crippen LogP contribution is -2.36. The molecule has 0 spiro atoms. The molecule has 18 heavy (non-hydrogen) atoms. The third-order valence-corrected chi connectivity index (χ3v) is 3.12. The molecule has 6 heteroatoms. The summed E-state index contributed by atoms with van der Waals surface area (Å²) < 4.78 is 0. The minimum Gasteiger partial charge on any atom is -0.393 e. The van der Waals surface area contributed by atoms with Gasteiger partial charge in [0.05, 0.1) is 4.92 Å². The van der Waals surface area contributed by atoms with E-state index in [1.807, 2.05) is 0 Å². The number of hydrogen-bond acceptors (Lipinski definition) is 4. The molecule has 1 aromatic carbocycles. The SMILES string of the molecule is Nc1cccc(C(=O)N2CCCCC2)c1[N+](=O)[O-]. The van der Waals surface area contributed by atoms with Crippen LogP contribution >= 0.6 is 0 Å². The van der Waals surface area contributed by atoms with E-state index in [0.29, 0.717) is 13.1 Å². The molecule has 0 radical (unpaired) electrons. The zero-order valence-corrected chi connectivity index (χ0v) is 9.96. The summed E-state index contributed by atoms with van der Waals surface area (Å²) in [6.07, 6.45) is 2.99. The van der Waals surface area contributed by atoms with Crippen LogP contribution in [0.5, 0.6) is 0 Å². The van der Waals surface area contributed by atoms with Gasteiger partial charge in [0, 0.05) is 13.1 Å². The van der Waals surface area contributed by atoms with Gasteiger partial charge in [0.1, 0.15) is 11.3 Å². The molecule has 0 unspecified atom stereocenters. The number of benzene rings is 1. The van der Waals surface area contributed by atoms with E-state index in [9.17, 15) is 14.9 Å². The normalized spacial score (nSPS) is 15.4. The number of piperidine rings is 1. The van der Waals surface area contributed by atoms with Crippen LogP contribution in [0.3, 0.4) is 0 Å². The van der Waals surface area contributed by atoms with Crippen molar-refractivity contribution in [1.82, 2.24) is 4.90 Å². The molecule has 96 valence electrons. The van der Waals surface area contributed by atoms with Crippen molar-refractivity contribution in [2.75, 3.05) is 18.8 Å². The second-order valence-corrected chi connectivity index (χ2v) is 4.35. The Morgan fingerprint density at radius 1 is 1.28 bits per heavy atom. The van der Waals surface area contributed by atoms with Crippen molar-refractivity contribution in [1.29, 1.82) is 0 Å². The van der Waals surface area contributed by atoms with Crippen LogP contribution in [0.2, 0.25) is 0 Å². The van der Waals surface area contributed by atoms with Crippen molar-refractivity contribution in [2.24, 2.45) is 0 Å². The van der Waals surface area contributed by atoms with Gasteiger partial charge in [0.15, 0.2) is 0 Å². The number of nitrogens with two attached hydrogens (primary N) is 1. The molecule has 0 saturated carbocycles. The summed E-state index contributed by atoms with van der Waals surface area (Å²) in [5, 5.41) is 11.0. The number of nitro groups is 1. The van der Waals surface area contributed by atoms with Gasteiger partial charge in [0.2, 0.25) is 0 Å². The molecule has 1 aromatic rings. The summed E-state index contributed by atoms with van der Waals surface area (Å²) >= 11 is 0. The predicted molar refractivity (Wildman–Crippen MR) is 67.3 cm³/mol. The van der Waals surface area contributed by atoms with E-state index in [0.717, 1.165) is 19.3 Å². The van der Waals surface area contributed by atoms with E-state index in [2.05, 4.69) is 0 Å². The number of anilines is 1. The molecule has 6 nitrogen and oxygen atoms in total. The Kier molecular flexibility index (Phi) is 3.45. The van der Waals surface area contributed by atoms with Gasteiger partial charge in [0.25, 0.3) is 5.91 Å². The molecule has 2 rings (SSSR count). The fraction of sp³-hybridized carbons (Fsp3) is 0.417. The van der Waals surface area contributed by atoms with E-state index in [4.69, 9.17) is 5.73 Å². The summed E-state index contributed by atoms with van der Waals surface area (Å²) in [5.74, 6) is -0.297. The van der Waals surface area contributed by atoms with Crippen LogP contribution in [-0.4, -0.2) is 28.8 Å². The maximum Gasteiger partial charge on any atom is 0.304 e. The van der Waals surface area contributed by atoms with Crippen LogP contribution in [0.25, 0.3) is 0 Å². The molecular weight excluding hydrogens is 234 g/mol. The van der Waals surface area contributed by atoms with Crippen molar-refractivity contribution < 1.29 is 9.72 Å². The van der Waals surface area contributed by atoms with Gasteiger partial charge in [-0.15, -0.1) is 0 Å². The van der Waals surface area contributed by atoms with Crippen LogP contribution in [0.1, 0.15) is 29.6 Å². The molecular formula is C12H15N3O3. The van der Waals surface area contributed by atoms with E-state index in [-0.39, 0.29) is 22.8 Å². The Balaban J connectivity index is 2.35. The Hall–Kier alpha value is -2.11. The highest BCUT2D eigenvalue weighted by Crippen LogP contribution is 2.27. The quantitative estimate of drug-likeness (QED) is 0.491. The van der Waals surface area contributed by atoms with Crippen molar-refractivity contribution in [2.45, 2.75) is 19.3 Å². The van der Waals surface area contributed by atoms with Crippen LogP contribution in [-0.2, 0) is 0 Å². The Bertz CT molecular complexity index is 481. The minimum absolute atomic E-state index is 0.0304. The van der Waals surface area contributed by atoms with Crippen molar-refractivity contribution in [3.63, 3.8) is 0 Å². The first-order chi connectivity index (χ1) is 8.61. The Morgan fingerprint density at radius 2 is 1.94 bits per heavy atom. The molecule has 0 atom stereocenters. The third kappa shape index (κ3) is 2.27. The van der Waals surface area contributed by atoms with E-state index in [1.165, 1.54) is 12.1 Å². The van der Waals surface area contributed by atoms with Gasteiger partial charge in [-0.2, -0.15) is 0 Å². The highest BCUT2D eigenvalue weighted by Gasteiger charge is 2.27. The predicted octanol–water partition coefficient (Wildman–Crippen LogP) is 1.80. The minimum atomic E-state index is -0.591. The zero-order valence-electron chi connectivity index (χ0n) is 9.96. The monoisotopic (exact) mass is 249 g/mol. The second kappa shape index (κ2) is 5.03. The van der Waals surface area contributed by atoms with Gasteiger partial charge < -0.3 is 10.6 Å². The average Bonchev–Trinajstić information content (AvgIpc) is 2.38. The number of nitrogen functional groups attached to an aromatic ring is 1. The lowest BCUT2D eigenvalue weighted by atomic mass is 10.1. The Labute approximate surface area is 105 Å². The van der Waals surface area contributed by atoms with Gasteiger partial charge in [-0.05, 0) is 31.4 Å². The number of likely N-dealkylation sites (tertiary alicyclic amines) is 1. The summed E-state index contributed by atoms with van der Waals surface area (Å²) in [4.78, 5) is 24.3. The maximum atomic E-state index is 12.2. The van der Waals surface area contributed by atoms with Crippen LogP contribution in [0, 0.1) is 10.1 Å². The van der Waals surface area contributed by atoms with E-state index in [1.54, 1.807) is 11.0 Å². The van der Waals surface area contributed by atoms with Gasteiger partial charge >= 0.3 is 5.69 Å². The van der Waals surface area contributed by atoms with E-state index >= 15 is 0 Å². The number of carbonyl (C=O) groups is 1. The first kappa shape index (κ1) is 12.3. The maximum absolute atomic E-state index is 12.2. The first-order valence-corrected chi connectivity index (χ1v) is 5.93. The average molecular weight is 249 g/mol. The van der Waals surface area contributed by atoms with E-state index < -0.39 is 4.92 Å². The van der Waals surface area contributed by atoms with Crippen LogP contribution < -0.4 is 5.73 Å². The highest BCUT2D eigenvalue weighted by molar-refractivity contribution is 6.00. The number of nitro benzene ring substituents is 1. The number of hydrogen-bond donors (Lipinski definition) is 1. The van der Waals surface area contributed by atoms with Crippen molar-refractivity contribution in [3.8, 4) is 0 Å². The Morgan fingerprint density at radius 3 is 2.56 bits per heavy atom. The lowest BCUT2D eigenvalue weighted by Gasteiger charge is -2.26. The van der Waals surface area contributed by atoms with Crippen LogP contribution in [0.15, 0.2) is 18.2 Å². The number of rotatable bonds is 2. The molecule has 1 saturated heterocycles. The highest BCUT2D eigenvalue weighted by atomic mass is 16.6. The smallest absolute Gasteiger partial charge is 0.304 e. The second-order valence-electron chi connectivity index (χ2n) is 4.35. The topological polar surface area (TPSA) is 89.5 Å². The molecule has 1 amide bonds. The van der Waals surface area contributed by atoms with Gasteiger partial charge in [-0.1, -0.05) is 6.07 Å². The molecule has 2 N–H and O–H groups in total. The molecule has 1 aliphatic heterocycles. The molecule has 1 aliphatic rings. The zero-order chi connectivity index (χ0) is 13.1. The van der Waals surface area contributed by atoms with Crippen molar-refractivity contribution >= 4 is 17.3 Å². The lowest BCUT2D eigenvalue weighted by molar-refractivity contribution is -0.384. The molecule has 1 fully saturated rings. The summed E-state index contributed by atoms with van der Waals surface area (Å²) in [5.41, 5.74) is 5.41. The van der Waals surface area contributed by atoms with Gasteiger partial charge in [-0.3, -0.25) is 14.9 Å². The summed E-state index contributed by atoms with van der Waals surface area (Å²) in [6.45, 7) is 1.32. The number of nitrogens with zero attached hydrogens (tertiary/aromatic N) is 2. The number of amides is 1. The molecule has 0 aromatic heterocycles. The summed E-state index contributed by atoms with van der Waals surface area (Å²) in [7, 11) is 0. The van der Waals surface area contributed by atoms with Crippen LogP contribution in [0.4, 0.5) is 11.4 Å². The standard InChI is InChI=1S/C12H15N3O3/c13-10-6-4-5-9(11(10)15(17)18)12(16)14-7-2-1-3-8-14/h4-6H,1-3,7-8,13H2.